The summed E-state index contributed by atoms with van der Waals surface area (Å²) in [5.41, 5.74) is 2.42. The van der Waals surface area contributed by atoms with Gasteiger partial charge in [-0.25, -0.2) is 0 Å². The van der Waals surface area contributed by atoms with Gasteiger partial charge in [0.05, 0.1) is 6.61 Å². The second kappa shape index (κ2) is 4.95. The minimum Gasteiger partial charge on any atom is -0.396 e. The number of hydrogen-bond acceptors (Lipinski definition) is 1. The summed E-state index contributed by atoms with van der Waals surface area (Å²) >= 11 is 0. The van der Waals surface area contributed by atoms with Crippen LogP contribution in [0.4, 0.5) is 0 Å². The number of aromatic nitrogens is 1. The molecule has 20 heavy (non-hydrogen) atoms. The molecule has 0 saturated carbocycles. The molecular formula is C18H21NO. The zero-order valence-corrected chi connectivity index (χ0v) is 12.1. The maximum Gasteiger partial charge on any atom is 0.0501 e. The summed E-state index contributed by atoms with van der Waals surface area (Å²) < 4.78 is 2.35. The van der Waals surface area contributed by atoms with Gasteiger partial charge in [0.15, 0.2) is 0 Å². The lowest BCUT2D eigenvalue weighted by Gasteiger charge is -2.27. The van der Waals surface area contributed by atoms with Crippen LogP contribution >= 0.6 is 0 Å². The van der Waals surface area contributed by atoms with E-state index in [9.17, 15) is 5.11 Å². The Bertz CT molecular complexity index is 684. The number of rotatable bonds is 4. The zero-order chi connectivity index (χ0) is 14.2. The van der Waals surface area contributed by atoms with Crippen LogP contribution in [0.15, 0.2) is 48.5 Å². The lowest BCUT2D eigenvalue weighted by atomic mass is 9.88. The summed E-state index contributed by atoms with van der Waals surface area (Å²) in [6, 6.07) is 17.0. The van der Waals surface area contributed by atoms with Gasteiger partial charge in [0.1, 0.15) is 0 Å². The molecule has 1 aromatic heterocycles. The first-order chi connectivity index (χ1) is 9.68. The van der Waals surface area contributed by atoms with Crippen molar-refractivity contribution in [2.24, 2.45) is 5.41 Å². The molecule has 0 amide bonds. The number of para-hydroxylation sites is 2. The highest BCUT2D eigenvalue weighted by Gasteiger charge is 2.23. The molecule has 3 rings (SSSR count). The predicted molar refractivity (Wildman–Crippen MR) is 84.9 cm³/mol. The third-order valence-electron chi connectivity index (χ3n) is 4.45. The Hall–Kier alpha value is -1.80. The van der Waals surface area contributed by atoms with Gasteiger partial charge < -0.3 is 9.67 Å². The molecule has 0 spiro atoms. The predicted octanol–water partition coefficient (Wildman–Crippen LogP) is 4.20. The maximum atomic E-state index is 9.71. The Morgan fingerprint density at radius 3 is 1.90 bits per heavy atom. The smallest absolute Gasteiger partial charge is 0.0501 e. The van der Waals surface area contributed by atoms with Crippen molar-refractivity contribution < 1.29 is 5.11 Å². The van der Waals surface area contributed by atoms with Crippen LogP contribution < -0.4 is 0 Å². The zero-order valence-electron chi connectivity index (χ0n) is 12.1. The molecule has 1 heterocycles. The maximum absolute atomic E-state index is 9.71. The molecule has 1 N–H and O–H groups in total. The summed E-state index contributed by atoms with van der Waals surface area (Å²) in [6.45, 7) is 5.35. The molecule has 3 aromatic rings. The van der Waals surface area contributed by atoms with E-state index in [0.29, 0.717) is 0 Å². The van der Waals surface area contributed by atoms with E-state index in [-0.39, 0.29) is 12.0 Å². The normalized spacial score (nSPS) is 14.8. The van der Waals surface area contributed by atoms with Crippen LogP contribution in [0.1, 0.15) is 20.3 Å². The van der Waals surface area contributed by atoms with Crippen molar-refractivity contribution in [3.05, 3.63) is 48.5 Å². The molecule has 1 unspecified atom stereocenters. The van der Waals surface area contributed by atoms with Gasteiger partial charge in [-0.3, -0.25) is 0 Å². The van der Waals surface area contributed by atoms with Gasteiger partial charge in [-0.15, -0.1) is 0 Å². The summed E-state index contributed by atoms with van der Waals surface area (Å²) in [5, 5.41) is 12.3. The molecule has 1 atom stereocenters. The molecule has 0 radical (unpaired) electrons. The lowest BCUT2D eigenvalue weighted by molar-refractivity contribution is 0.121. The van der Waals surface area contributed by atoms with E-state index >= 15 is 0 Å². The lowest BCUT2D eigenvalue weighted by Crippen LogP contribution is -2.26. The molecule has 0 aliphatic carbocycles. The van der Waals surface area contributed by atoms with Gasteiger partial charge in [-0.05, 0) is 18.6 Å². The van der Waals surface area contributed by atoms with E-state index in [1.165, 1.54) is 21.8 Å². The summed E-state index contributed by atoms with van der Waals surface area (Å²) in [4.78, 5) is 0. The third kappa shape index (κ3) is 2.01. The SMILES string of the molecule is CCC(C)(CO)Cn1c2ccccc2c2ccccc21. The second-order valence-electron chi connectivity index (χ2n) is 5.94. The number of benzene rings is 2. The monoisotopic (exact) mass is 267 g/mol. The molecule has 0 bridgehead atoms. The quantitative estimate of drug-likeness (QED) is 0.753. The van der Waals surface area contributed by atoms with Crippen molar-refractivity contribution in [3.8, 4) is 0 Å². The van der Waals surface area contributed by atoms with Crippen molar-refractivity contribution >= 4 is 21.8 Å². The molecule has 0 aliphatic rings. The molecule has 2 aromatic carbocycles. The summed E-state index contributed by atoms with van der Waals surface area (Å²) in [7, 11) is 0. The van der Waals surface area contributed by atoms with Gasteiger partial charge in [0, 0.05) is 33.8 Å². The van der Waals surface area contributed by atoms with Crippen LogP contribution in [0, 0.1) is 5.41 Å². The Kier molecular flexibility index (Phi) is 3.27. The molecular weight excluding hydrogens is 246 g/mol. The Labute approximate surface area is 119 Å². The standard InChI is InChI=1S/C18H21NO/c1-3-18(2,13-20)12-19-16-10-6-4-8-14(16)15-9-5-7-11-17(15)19/h4-11,20H,3,12-13H2,1-2H3. The Morgan fingerprint density at radius 2 is 1.45 bits per heavy atom. The van der Waals surface area contributed by atoms with E-state index in [1.807, 2.05) is 0 Å². The van der Waals surface area contributed by atoms with E-state index in [4.69, 9.17) is 0 Å². The molecule has 104 valence electrons. The highest BCUT2D eigenvalue weighted by Crippen LogP contribution is 2.32. The number of aliphatic hydroxyl groups excluding tert-OH is 1. The average molecular weight is 267 g/mol. The second-order valence-corrected chi connectivity index (χ2v) is 5.94. The minimum absolute atomic E-state index is 0.0788. The molecule has 0 saturated heterocycles. The fraction of sp³-hybridized carbons (Fsp3) is 0.333. The van der Waals surface area contributed by atoms with Gasteiger partial charge in [-0.2, -0.15) is 0 Å². The van der Waals surface area contributed by atoms with Crippen molar-refractivity contribution in [2.45, 2.75) is 26.8 Å². The van der Waals surface area contributed by atoms with Crippen LogP contribution in [0.2, 0.25) is 0 Å². The van der Waals surface area contributed by atoms with Crippen LogP contribution in [0.5, 0.6) is 0 Å². The van der Waals surface area contributed by atoms with Crippen molar-refractivity contribution in [1.82, 2.24) is 4.57 Å². The highest BCUT2D eigenvalue weighted by molar-refractivity contribution is 6.07. The number of nitrogens with zero attached hydrogens (tertiary/aromatic N) is 1. The summed E-state index contributed by atoms with van der Waals surface area (Å²) in [5.74, 6) is 0. The van der Waals surface area contributed by atoms with Crippen molar-refractivity contribution in [3.63, 3.8) is 0 Å². The van der Waals surface area contributed by atoms with E-state index < -0.39 is 0 Å². The molecule has 2 heteroatoms. The molecule has 0 aliphatic heterocycles. The van der Waals surface area contributed by atoms with Gasteiger partial charge in [0.2, 0.25) is 0 Å². The van der Waals surface area contributed by atoms with Crippen LogP contribution in [-0.2, 0) is 6.54 Å². The van der Waals surface area contributed by atoms with Crippen molar-refractivity contribution in [2.75, 3.05) is 6.61 Å². The van der Waals surface area contributed by atoms with E-state index in [1.54, 1.807) is 0 Å². The first-order valence-corrected chi connectivity index (χ1v) is 7.25. The fourth-order valence-corrected chi connectivity index (χ4v) is 2.83. The number of hydrogen-bond donors (Lipinski definition) is 1. The minimum atomic E-state index is -0.0788. The first kappa shape index (κ1) is 13.2. The summed E-state index contributed by atoms with van der Waals surface area (Å²) in [6.07, 6.45) is 0.963. The van der Waals surface area contributed by atoms with Crippen LogP contribution in [0.3, 0.4) is 0 Å². The molecule has 0 fully saturated rings. The first-order valence-electron chi connectivity index (χ1n) is 7.25. The topological polar surface area (TPSA) is 25.2 Å². The van der Waals surface area contributed by atoms with E-state index in [0.717, 1.165) is 13.0 Å². The van der Waals surface area contributed by atoms with Crippen LogP contribution in [0.25, 0.3) is 21.8 Å². The molecule has 2 nitrogen and oxygen atoms in total. The van der Waals surface area contributed by atoms with Gasteiger partial charge in [-0.1, -0.05) is 50.2 Å². The Morgan fingerprint density at radius 1 is 0.950 bits per heavy atom. The van der Waals surface area contributed by atoms with Gasteiger partial charge >= 0.3 is 0 Å². The van der Waals surface area contributed by atoms with E-state index in [2.05, 4.69) is 66.9 Å². The average Bonchev–Trinajstić information content (AvgIpc) is 2.82. The largest absolute Gasteiger partial charge is 0.396 e. The highest BCUT2D eigenvalue weighted by atomic mass is 16.3. The van der Waals surface area contributed by atoms with Gasteiger partial charge in [0.25, 0.3) is 0 Å². The Balaban J connectivity index is 2.27. The number of aliphatic hydroxyl groups is 1. The van der Waals surface area contributed by atoms with Crippen LogP contribution in [-0.4, -0.2) is 16.3 Å². The third-order valence-corrected chi connectivity index (χ3v) is 4.45. The fourth-order valence-electron chi connectivity index (χ4n) is 2.83. The van der Waals surface area contributed by atoms with Crippen molar-refractivity contribution in [1.29, 1.82) is 0 Å². The number of fused-ring (bicyclic) bond motifs is 3.